The van der Waals surface area contributed by atoms with Crippen molar-refractivity contribution in [1.82, 2.24) is 5.32 Å². The zero-order valence-electron chi connectivity index (χ0n) is 8.82. The highest BCUT2D eigenvalue weighted by molar-refractivity contribution is 5.42. The average molecular weight is 210 g/mol. The minimum atomic E-state index is -0.412. The lowest BCUT2D eigenvalue weighted by molar-refractivity contribution is -0.384. The molecule has 0 saturated heterocycles. The molecule has 0 aliphatic carbocycles. The molecule has 0 heterocycles. The van der Waals surface area contributed by atoms with Crippen LogP contribution >= 0.6 is 0 Å². The molecule has 0 bridgehead atoms. The van der Waals surface area contributed by atoms with Crippen LogP contribution < -0.4 is 10.1 Å². The summed E-state index contributed by atoms with van der Waals surface area (Å²) in [6.45, 7) is 3.09. The predicted octanol–water partition coefficient (Wildman–Crippen LogP) is 1.50. The summed E-state index contributed by atoms with van der Waals surface area (Å²) in [5, 5.41) is 13.4. The third-order valence-corrected chi connectivity index (χ3v) is 1.98. The number of ether oxygens (including phenoxy) is 1. The lowest BCUT2D eigenvalue weighted by Crippen LogP contribution is -2.16. The second-order valence-corrected chi connectivity index (χ2v) is 3.16. The third-order valence-electron chi connectivity index (χ3n) is 1.98. The molecule has 15 heavy (non-hydrogen) atoms. The van der Waals surface area contributed by atoms with Gasteiger partial charge in [-0.2, -0.15) is 0 Å². The summed E-state index contributed by atoms with van der Waals surface area (Å²) in [6.07, 6.45) is 0. The predicted molar refractivity (Wildman–Crippen MR) is 57.3 cm³/mol. The molecule has 0 atom stereocenters. The van der Waals surface area contributed by atoms with Crippen LogP contribution in [-0.2, 0) is 0 Å². The highest BCUT2D eigenvalue weighted by Crippen LogP contribution is 2.22. The molecule has 0 amide bonds. The molecule has 1 rings (SSSR count). The molecule has 0 radical (unpaired) electrons. The fourth-order valence-electron chi connectivity index (χ4n) is 1.17. The maximum Gasteiger partial charge on any atom is 0.269 e. The Hall–Kier alpha value is -1.62. The van der Waals surface area contributed by atoms with Crippen molar-refractivity contribution in [2.45, 2.75) is 6.92 Å². The van der Waals surface area contributed by atoms with Gasteiger partial charge in [-0.3, -0.25) is 10.1 Å². The lowest BCUT2D eigenvalue weighted by Gasteiger charge is -2.08. The zero-order valence-corrected chi connectivity index (χ0v) is 8.82. The largest absolute Gasteiger partial charge is 0.492 e. The van der Waals surface area contributed by atoms with Crippen LogP contribution in [0.25, 0.3) is 0 Å². The Morgan fingerprint density at radius 1 is 1.53 bits per heavy atom. The van der Waals surface area contributed by atoms with E-state index in [-0.39, 0.29) is 5.69 Å². The van der Waals surface area contributed by atoms with Crippen molar-refractivity contribution >= 4 is 5.69 Å². The van der Waals surface area contributed by atoms with Crippen molar-refractivity contribution < 1.29 is 9.66 Å². The molecule has 0 unspecified atom stereocenters. The first kappa shape index (κ1) is 11.5. The number of rotatable bonds is 5. The molecule has 0 saturated carbocycles. The Labute approximate surface area is 88.2 Å². The van der Waals surface area contributed by atoms with Crippen LogP contribution in [0.3, 0.4) is 0 Å². The van der Waals surface area contributed by atoms with E-state index in [1.807, 2.05) is 7.05 Å². The fourth-order valence-corrected chi connectivity index (χ4v) is 1.17. The van der Waals surface area contributed by atoms with E-state index in [2.05, 4.69) is 5.32 Å². The summed E-state index contributed by atoms with van der Waals surface area (Å²) in [7, 11) is 1.84. The first-order valence-corrected chi connectivity index (χ1v) is 4.67. The summed E-state index contributed by atoms with van der Waals surface area (Å²) in [6, 6.07) is 4.58. The number of nitrogens with zero attached hydrogens (tertiary/aromatic N) is 1. The molecule has 82 valence electrons. The number of non-ortho nitro benzene ring substituents is 1. The maximum absolute atomic E-state index is 10.5. The normalized spacial score (nSPS) is 10.0. The molecular weight excluding hydrogens is 196 g/mol. The van der Waals surface area contributed by atoms with Crippen molar-refractivity contribution in [3.63, 3.8) is 0 Å². The molecular formula is C10H14N2O3. The van der Waals surface area contributed by atoms with Crippen LogP contribution in [0.4, 0.5) is 5.69 Å². The second kappa shape index (κ2) is 5.31. The zero-order chi connectivity index (χ0) is 11.3. The highest BCUT2D eigenvalue weighted by atomic mass is 16.6. The van der Waals surface area contributed by atoms with Gasteiger partial charge in [-0.25, -0.2) is 0 Å². The molecule has 0 aliphatic heterocycles. The first-order valence-electron chi connectivity index (χ1n) is 4.67. The van der Waals surface area contributed by atoms with Gasteiger partial charge in [0.15, 0.2) is 0 Å². The van der Waals surface area contributed by atoms with Crippen molar-refractivity contribution in [3.8, 4) is 5.75 Å². The Kier molecular flexibility index (Phi) is 4.05. The molecule has 5 heteroatoms. The number of aryl methyl sites for hydroxylation is 1. The maximum atomic E-state index is 10.5. The number of nitrogens with one attached hydrogen (secondary N) is 1. The van der Waals surface area contributed by atoms with Crippen molar-refractivity contribution in [1.29, 1.82) is 0 Å². The summed E-state index contributed by atoms with van der Waals surface area (Å²) < 4.78 is 5.43. The number of nitro benzene ring substituents is 1. The minimum Gasteiger partial charge on any atom is -0.492 e. The molecule has 1 N–H and O–H groups in total. The average Bonchev–Trinajstić information content (AvgIpc) is 2.20. The third kappa shape index (κ3) is 3.21. The van der Waals surface area contributed by atoms with Crippen LogP contribution in [0.5, 0.6) is 5.75 Å². The van der Waals surface area contributed by atoms with Gasteiger partial charge in [0, 0.05) is 18.7 Å². The summed E-state index contributed by atoms with van der Waals surface area (Å²) in [5.41, 5.74) is 0.869. The number of hydrogen-bond acceptors (Lipinski definition) is 4. The van der Waals surface area contributed by atoms with E-state index in [1.54, 1.807) is 13.0 Å². The van der Waals surface area contributed by atoms with Crippen molar-refractivity contribution in [2.75, 3.05) is 20.2 Å². The Bertz CT molecular complexity index is 353. The number of hydrogen-bond donors (Lipinski definition) is 1. The SMILES string of the molecule is CNCCOc1ccc([N+](=O)[O-])cc1C. The summed E-state index contributed by atoms with van der Waals surface area (Å²) in [4.78, 5) is 10.1. The minimum absolute atomic E-state index is 0.0912. The van der Waals surface area contributed by atoms with Crippen LogP contribution in [0.2, 0.25) is 0 Å². The van der Waals surface area contributed by atoms with E-state index >= 15 is 0 Å². The Morgan fingerprint density at radius 3 is 2.80 bits per heavy atom. The number of likely N-dealkylation sites (N-methyl/N-ethyl adjacent to an activating group) is 1. The first-order chi connectivity index (χ1) is 7.15. The Balaban J connectivity index is 2.70. The van der Waals surface area contributed by atoms with Gasteiger partial charge in [-0.15, -0.1) is 0 Å². The van der Waals surface area contributed by atoms with E-state index in [1.165, 1.54) is 12.1 Å². The van der Waals surface area contributed by atoms with E-state index < -0.39 is 4.92 Å². The van der Waals surface area contributed by atoms with Crippen LogP contribution in [0.15, 0.2) is 18.2 Å². The lowest BCUT2D eigenvalue weighted by atomic mass is 10.2. The van der Waals surface area contributed by atoms with Crippen LogP contribution in [0.1, 0.15) is 5.56 Å². The van der Waals surface area contributed by atoms with Gasteiger partial charge in [-0.1, -0.05) is 0 Å². The fraction of sp³-hybridized carbons (Fsp3) is 0.400. The molecule has 0 fully saturated rings. The van der Waals surface area contributed by atoms with Crippen molar-refractivity contribution in [2.24, 2.45) is 0 Å². The summed E-state index contributed by atoms with van der Waals surface area (Å²) >= 11 is 0. The van der Waals surface area contributed by atoms with Gasteiger partial charge in [0.05, 0.1) is 4.92 Å². The van der Waals surface area contributed by atoms with Gasteiger partial charge in [-0.05, 0) is 25.6 Å². The molecule has 0 aliphatic rings. The number of benzene rings is 1. The van der Waals surface area contributed by atoms with E-state index in [0.29, 0.717) is 12.4 Å². The van der Waals surface area contributed by atoms with Gasteiger partial charge in [0.1, 0.15) is 12.4 Å². The van der Waals surface area contributed by atoms with Gasteiger partial charge < -0.3 is 10.1 Å². The molecule has 1 aromatic rings. The highest BCUT2D eigenvalue weighted by Gasteiger charge is 2.08. The quantitative estimate of drug-likeness (QED) is 0.454. The monoisotopic (exact) mass is 210 g/mol. The topological polar surface area (TPSA) is 64.4 Å². The number of nitro groups is 1. The second-order valence-electron chi connectivity index (χ2n) is 3.16. The summed E-state index contributed by atoms with van der Waals surface area (Å²) in [5.74, 6) is 0.691. The van der Waals surface area contributed by atoms with E-state index in [0.717, 1.165) is 12.1 Å². The van der Waals surface area contributed by atoms with Crippen LogP contribution in [-0.4, -0.2) is 25.1 Å². The van der Waals surface area contributed by atoms with Crippen molar-refractivity contribution in [3.05, 3.63) is 33.9 Å². The standard InChI is InChI=1S/C10H14N2O3/c1-8-7-9(12(13)14)3-4-10(8)15-6-5-11-2/h3-4,7,11H,5-6H2,1-2H3. The van der Waals surface area contributed by atoms with Gasteiger partial charge in [0.2, 0.25) is 0 Å². The van der Waals surface area contributed by atoms with Crippen LogP contribution in [0, 0.1) is 17.0 Å². The van der Waals surface area contributed by atoms with E-state index in [9.17, 15) is 10.1 Å². The molecule has 1 aromatic carbocycles. The van der Waals surface area contributed by atoms with Gasteiger partial charge in [0.25, 0.3) is 5.69 Å². The van der Waals surface area contributed by atoms with E-state index in [4.69, 9.17) is 4.74 Å². The molecule has 0 aromatic heterocycles. The van der Waals surface area contributed by atoms with Gasteiger partial charge >= 0.3 is 0 Å². The molecule has 5 nitrogen and oxygen atoms in total. The Morgan fingerprint density at radius 2 is 2.27 bits per heavy atom. The smallest absolute Gasteiger partial charge is 0.269 e. The molecule has 0 spiro atoms.